The van der Waals surface area contributed by atoms with Crippen molar-refractivity contribution in [3.05, 3.63) is 35.4 Å². The highest BCUT2D eigenvalue weighted by Gasteiger charge is 2.31. The highest BCUT2D eigenvalue weighted by atomic mass is 15.3. The molecule has 1 aromatic carbocycles. The zero-order chi connectivity index (χ0) is 16.8. The quantitative estimate of drug-likeness (QED) is 0.659. The van der Waals surface area contributed by atoms with Gasteiger partial charge in [0.2, 0.25) is 0 Å². The van der Waals surface area contributed by atoms with E-state index in [9.17, 15) is 0 Å². The topological polar surface area (TPSA) is 63.5 Å². The minimum absolute atomic E-state index is 0.421. The van der Waals surface area contributed by atoms with Gasteiger partial charge < -0.3 is 10.6 Å². The molecule has 1 aliphatic rings. The third kappa shape index (κ3) is 4.70. The third-order valence-electron chi connectivity index (χ3n) is 4.46. The van der Waals surface area contributed by atoms with Crippen molar-refractivity contribution in [3.8, 4) is 6.07 Å². The Morgan fingerprint density at radius 1 is 1.35 bits per heavy atom. The van der Waals surface area contributed by atoms with Crippen LogP contribution in [0.15, 0.2) is 29.3 Å². The monoisotopic (exact) mass is 313 g/mol. The summed E-state index contributed by atoms with van der Waals surface area (Å²) in [4.78, 5) is 6.82. The summed E-state index contributed by atoms with van der Waals surface area (Å²) >= 11 is 0. The van der Waals surface area contributed by atoms with Gasteiger partial charge in [0.25, 0.3) is 0 Å². The summed E-state index contributed by atoms with van der Waals surface area (Å²) in [5, 5.41) is 15.7. The fraction of sp³-hybridized carbons (Fsp3) is 0.556. The number of rotatable bonds is 4. The van der Waals surface area contributed by atoms with Crippen LogP contribution in [0.3, 0.4) is 0 Å². The van der Waals surface area contributed by atoms with Gasteiger partial charge in [-0.2, -0.15) is 5.26 Å². The molecule has 1 fully saturated rings. The molecule has 23 heavy (non-hydrogen) atoms. The van der Waals surface area contributed by atoms with Gasteiger partial charge in [0, 0.05) is 38.8 Å². The van der Waals surface area contributed by atoms with E-state index < -0.39 is 0 Å². The van der Waals surface area contributed by atoms with Gasteiger partial charge in [0.1, 0.15) is 0 Å². The highest BCUT2D eigenvalue weighted by Crippen LogP contribution is 2.18. The van der Waals surface area contributed by atoms with Crippen LogP contribution in [0.5, 0.6) is 0 Å². The lowest BCUT2D eigenvalue weighted by Gasteiger charge is -2.22. The number of nitrogens with zero attached hydrogens (tertiary/aromatic N) is 3. The molecule has 1 aliphatic heterocycles. The van der Waals surface area contributed by atoms with Gasteiger partial charge in [-0.05, 0) is 37.5 Å². The molecule has 1 saturated heterocycles. The average molecular weight is 313 g/mol. The summed E-state index contributed by atoms with van der Waals surface area (Å²) in [6, 6.07) is 10.8. The second-order valence-electron chi connectivity index (χ2n) is 6.51. The number of nitrogens with one attached hydrogen (secondary N) is 2. The molecule has 5 heteroatoms. The molecule has 124 valence electrons. The van der Waals surface area contributed by atoms with Gasteiger partial charge in [0.05, 0.1) is 11.6 Å². The Hall–Kier alpha value is -2.06. The van der Waals surface area contributed by atoms with E-state index in [0.29, 0.717) is 30.1 Å². The van der Waals surface area contributed by atoms with Crippen LogP contribution in [0.2, 0.25) is 0 Å². The Bertz CT molecular complexity index is 570. The van der Waals surface area contributed by atoms with Crippen LogP contribution in [0.4, 0.5) is 0 Å². The molecule has 0 radical (unpaired) electrons. The number of hydrogen-bond acceptors (Lipinski definition) is 3. The van der Waals surface area contributed by atoms with Crippen molar-refractivity contribution in [3.63, 3.8) is 0 Å². The van der Waals surface area contributed by atoms with E-state index in [4.69, 9.17) is 5.26 Å². The van der Waals surface area contributed by atoms with Gasteiger partial charge in [-0.3, -0.25) is 9.89 Å². The first-order valence-electron chi connectivity index (χ1n) is 8.23. The van der Waals surface area contributed by atoms with Crippen LogP contribution in [0.25, 0.3) is 0 Å². The SMILES string of the molecule is CN=C(NCc1ccc(C#N)cc1)NC1CN(C(C)C)CC1C. The summed E-state index contributed by atoms with van der Waals surface area (Å²) in [5.41, 5.74) is 1.82. The Morgan fingerprint density at radius 2 is 2.04 bits per heavy atom. The summed E-state index contributed by atoms with van der Waals surface area (Å²) in [6.07, 6.45) is 0. The molecule has 1 heterocycles. The molecule has 2 unspecified atom stereocenters. The van der Waals surface area contributed by atoms with Crippen molar-refractivity contribution < 1.29 is 0 Å². The first kappa shape index (κ1) is 17.3. The van der Waals surface area contributed by atoms with Crippen LogP contribution in [0.1, 0.15) is 31.9 Å². The van der Waals surface area contributed by atoms with E-state index in [1.807, 2.05) is 24.3 Å². The number of aliphatic imine (C=N–C) groups is 1. The Morgan fingerprint density at radius 3 is 2.57 bits per heavy atom. The maximum absolute atomic E-state index is 8.83. The maximum atomic E-state index is 8.83. The fourth-order valence-corrected chi connectivity index (χ4v) is 2.87. The van der Waals surface area contributed by atoms with Crippen LogP contribution in [-0.4, -0.2) is 43.1 Å². The van der Waals surface area contributed by atoms with Crippen LogP contribution < -0.4 is 10.6 Å². The number of benzene rings is 1. The lowest BCUT2D eigenvalue weighted by molar-refractivity contribution is 0.265. The van der Waals surface area contributed by atoms with Crippen LogP contribution in [-0.2, 0) is 6.54 Å². The van der Waals surface area contributed by atoms with Crippen molar-refractivity contribution in [2.75, 3.05) is 20.1 Å². The average Bonchev–Trinajstić information content (AvgIpc) is 2.93. The van der Waals surface area contributed by atoms with Gasteiger partial charge in [-0.15, -0.1) is 0 Å². The number of likely N-dealkylation sites (tertiary alicyclic amines) is 1. The van der Waals surface area contributed by atoms with Crippen molar-refractivity contribution in [2.24, 2.45) is 10.9 Å². The summed E-state index contributed by atoms with van der Waals surface area (Å²) < 4.78 is 0. The van der Waals surface area contributed by atoms with Gasteiger partial charge >= 0.3 is 0 Å². The predicted molar refractivity (Wildman–Crippen MR) is 94.2 cm³/mol. The third-order valence-corrected chi connectivity index (χ3v) is 4.46. The molecular formula is C18H27N5. The van der Waals surface area contributed by atoms with Crippen molar-refractivity contribution in [1.82, 2.24) is 15.5 Å². The first-order valence-corrected chi connectivity index (χ1v) is 8.23. The van der Waals surface area contributed by atoms with Crippen LogP contribution in [0, 0.1) is 17.2 Å². The Balaban J connectivity index is 1.87. The molecule has 0 aliphatic carbocycles. The van der Waals surface area contributed by atoms with Gasteiger partial charge in [-0.25, -0.2) is 0 Å². The molecule has 0 saturated carbocycles. The molecule has 2 atom stereocenters. The molecule has 2 N–H and O–H groups in total. The van der Waals surface area contributed by atoms with E-state index in [1.165, 1.54) is 0 Å². The second-order valence-corrected chi connectivity index (χ2v) is 6.51. The molecular weight excluding hydrogens is 286 g/mol. The molecule has 0 amide bonds. The van der Waals surface area contributed by atoms with Gasteiger partial charge in [-0.1, -0.05) is 19.1 Å². The van der Waals surface area contributed by atoms with Gasteiger partial charge in [0.15, 0.2) is 5.96 Å². The second kappa shape index (κ2) is 7.98. The van der Waals surface area contributed by atoms with Crippen molar-refractivity contribution in [2.45, 2.75) is 39.4 Å². The summed E-state index contributed by atoms with van der Waals surface area (Å²) in [6.45, 7) is 9.65. The molecule has 0 aromatic heterocycles. The fourth-order valence-electron chi connectivity index (χ4n) is 2.87. The lowest BCUT2D eigenvalue weighted by atomic mass is 10.1. The molecule has 1 aromatic rings. The minimum atomic E-state index is 0.421. The lowest BCUT2D eigenvalue weighted by Crippen LogP contribution is -2.46. The number of guanidine groups is 1. The van der Waals surface area contributed by atoms with Crippen molar-refractivity contribution in [1.29, 1.82) is 5.26 Å². The van der Waals surface area contributed by atoms with E-state index in [2.05, 4.69) is 47.4 Å². The molecule has 2 rings (SSSR count). The maximum Gasteiger partial charge on any atom is 0.191 e. The number of nitriles is 1. The predicted octanol–water partition coefficient (Wildman–Crippen LogP) is 1.95. The normalized spacial score (nSPS) is 22.2. The largest absolute Gasteiger partial charge is 0.352 e. The number of hydrogen-bond donors (Lipinski definition) is 2. The molecule has 0 bridgehead atoms. The van der Waals surface area contributed by atoms with E-state index in [-0.39, 0.29) is 0 Å². The van der Waals surface area contributed by atoms with E-state index >= 15 is 0 Å². The standard InChI is InChI=1S/C18H27N5/c1-13(2)23-11-14(3)17(12-23)22-18(20-4)21-10-16-7-5-15(9-19)6-8-16/h5-8,13-14,17H,10-12H2,1-4H3,(H2,20,21,22). The summed E-state index contributed by atoms with van der Waals surface area (Å²) in [5.74, 6) is 1.43. The highest BCUT2D eigenvalue weighted by molar-refractivity contribution is 5.80. The summed E-state index contributed by atoms with van der Waals surface area (Å²) in [7, 11) is 1.80. The smallest absolute Gasteiger partial charge is 0.191 e. The molecule has 0 spiro atoms. The Labute approximate surface area is 139 Å². The first-order chi connectivity index (χ1) is 11.0. The zero-order valence-corrected chi connectivity index (χ0v) is 14.5. The zero-order valence-electron chi connectivity index (χ0n) is 14.5. The van der Waals surface area contributed by atoms with E-state index in [1.54, 1.807) is 7.05 Å². The van der Waals surface area contributed by atoms with E-state index in [0.717, 1.165) is 24.6 Å². The van der Waals surface area contributed by atoms with Crippen LogP contribution >= 0.6 is 0 Å². The Kier molecular flexibility index (Phi) is 6.00. The molecule has 5 nitrogen and oxygen atoms in total. The van der Waals surface area contributed by atoms with Crippen molar-refractivity contribution >= 4 is 5.96 Å². The minimum Gasteiger partial charge on any atom is -0.352 e.